The standard InChI is InChI=1S/C34H24ClFN2O4/c1-42-27-15-12-21(18-25(27)36)30(39)28-29(31(40)20-10-13-22(35)14-11-20)38-17-16-19-6-2-3-7-23(19)32(38)34(28)24-8-4-5-9-26(24)37-33(34)41/h2-18,28-29,32H,1H3,(H,37,41)/t28-,29+,32+,34-/m0/s1. The number of rotatable bonds is 5. The van der Waals surface area contributed by atoms with Gasteiger partial charge >= 0.3 is 0 Å². The summed E-state index contributed by atoms with van der Waals surface area (Å²) < 4.78 is 20.0. The molecule has 0 bridgehead atoms. The van der Waals surface area contributed by atoms with Crippen LogP contribution in [0.2, 0.25) is 5.02 Å². The van der Waals surface area contributed by atoms with Crippen LogP contribution in [0, 0.1) is 11.7 Å². The number of hydrogen-bond acceptors (Lipinski definition) is 5. The normalized spacial score (nSPS) is 23.3. The van der Waals surface area contributed by atoms with E-state index in [2.05, 4.69) is 5.32 Å². The first-order valence-corrected chi connectivity index (χ1v) is 13.9. The number of halogens is 2. The van der Waals surface area contributed by atoms with E-state index in [-0.39, 0.29) is 23.0 Å². The van der Waals surface area contributed by atoms with Gasteiger partial charge in [0.2, 0.25) is 5.91 Å². The first-order chi connectivity index (χ1) is 20.4. The van der Waals surface area contributed by atoms with Crippen LogP contribution in [-0.4, -0.2) is 35.5 Å². The molecule has 1 fully saturated rings. The maximum absolute atomic E-state index is 15.0. The SMILES string of the molecule is COc1ccc(C(=O)[C@@H]2[C@H](C(=O)c3ccc(Cl)cc3)N3C=Cc4ccccc4[C@@H]3[C@@]23C(=O)Nc2ccccc23)cc1F. The van der Waals surface area contributed by atoms with E-state index in [0.29, 0.717) is 21.8 Å². The molecule has 208 valence electrons. The smallest absolute Gasteiger partial charge is 0.238 e. The zero-order valence-corrected chi connectivity index (χ0v) is 23.1. The zero-order valence-electron chi connectivity index (χ0n) is 22.4. The molecule has 1 spiro atoms. The van der Waals surface area contributed by atoms with Gasteiger partial charge in [-0.1, -0.05) is 54.1 Å². The average molecular weight is 579 g/mol. The minimum Gasteiger partial charge on any atom is -0.494 e. The number of benzene rings is 4. The Balaban J connectivity index is 1.52. The van der Waals surface area contributed by atoms with Gasteiger partial charge in [-0.3, -0.25) is 14.4 Å². The third kappa shape index (κ3) is 3.59. The molecule has 7 rings (SSSR count). The third-order valence-corrected chi connectivity index (χ3v) is 8.94. The number of Topliss-reactive ketones (excluding diaryl/α,β-unsaturated/α-hetero) is 2. The maximum Gasteiger partial charge on any atom is 0.238 e. The van der Waals surface area contributed by atoms with Crippen molar-refractivity contribution >= 4 is 40.8 Å². The molecule has 4 aromatic rings. The fourth-order valence-corrected chi connectivity index (χ4v) is 7.08. The summed E-state index contributed by atoms with van der Waals surface area (Å²) in [5.41, 5.74) is 1.78. The van der Waals surface area contributed by atoms with Gasteiger partial charge in [-0.25, -0.2) is 4.39 Å². The van der Waals surface area contributed by atoms with Crippen molar-refractivity contribution < 1.29 is 23.5 Å². The number of carbonyl (C=O) groups is 3. The van der Waals surface area contributed by atoms with E-state index < -0.39 is 35.0 Å². The van der Waals surface area contributed by atoms with Crippen LogP contribution in [0.5, 0.6) is 5.75 Å². The Bertz CT molecular complexity index is 1820. The van der Waals surface area contributed by atoms with Crippen molar-refractivity contribution in [2.75, 3.05) is 12.4 Å². The van der Waals surface area contributed by atoms with Crippen LogP contribution in [0.15, 0.2) is 97.2 Å². The molecule has 6 nitrogen and oxygen atoms in total. The molecule has 0 aliphatic carbocycles. The Labute approximate surface area is 246 Å². The lowest BCUT2D eigenvalue weighted by Gasteiger charge is -2.38. The van der Waals surface area contributed by atoms with Crippen LogP contribution in [0.3, 0.4) is 0 Å². The monoisotopic (exact) mass is 578 g/mol. The quantitative estimate of drug-likeness (QED) is 0.275. The predicted molar refractivity (Wildman–Crippen MR) is 157 cm³/mol. The Kier molecular flexibility index (Phi) is 6.02. The Morgan fingerprint density at radius 3 is 2.40 bits per heavy atom. The van der Waals surface area contributed by atoms with Crippen molar-refractivity contribution in [2.24, 2.45) is 5.92 Å². The van der Waals surface area contributed by atoms with Gasteiger partial charge in [-0.05, 0) is 71.3 Å². The number of nitrogens with zero attached hydrogens (tertiary/aromatic N) is 1. The van der Waals surface area contributed by atoms with Gasteiger partial charge in [0.25, 0.3) is 0 Å². The molecule has 3 aliphatic rings. The van der Waals surface area contributed by atoms with Crippen molar-refractivity contribution in [3.63, 3.8) is 0 Å². The first-order valence-electron chi connectivity index (χ1n) is 13.5. The van der Waals surface area contributed by atoms with Crippen molar-refractivity contribution in [1.82, 2.24) is 4.90 Å². The molecule has 3 heterocycles. The summed E-state index contributed by atoms with van der Waals surface area (Å²) in [6.07, 6.45) is 3.68. The summed E-state index contributed by atoms with van der Waals surface area (Å²) in [5.74, 6) is -3.19. The summed E-state index contributed by atoms with van der Waals surface area (Å²) in [6.45, 7) is 0. The number of fused-ring (bicyclic) bond motifs is 6. The van der Waals surface area contributed by atoms with E-state index in [4.69, 9.17) is 16.3 Å². The van der Waals surface area contributed by atoms with E-state index in [1.807, 2.05) is 53.4 Å². The molecule has 0 unspecified atom stereocenters. The summed E-state index contributed by atoms with van der Waals surface area (Å²) in [4.78, 5) is 45.5. The molecular formula is C34H24ClFN2O4. The van der Waals surface area contributed by atoms with Gasteiger partial charge in [0.05, 0.1) is 19.1 Å². The Morgan fingerprint density at radius 2 is 1.64 bits per heavy atom. The number of ether oxygens (including phenoxy) is 1. The molecule has 3 aliphatic heterocycles. The fourth-order valence-electron chi connectivity index (χ4n) is 6.95. The number of amides is 1. The van der Waals surface area contributed by atoms with Gasteiger partial charge in [0.1, 0.15) is 11.5 Å². The molecule has 4 atom stereocenters. The molecule has 1 amide bonds. The number of ketones is 2. The highest BCUT2D eigenvalue weighted by Gasteiger charge is 2.70. The van der Waals surface area contributed by atoms with Gasteiger partial charge in [0.15, 0.2) is 23.1 Å². The summed E-state index contributed by atoms with van der Waals surface area (Å²) in [6, 6.07) is 23.6. The highest BCUT2D eigenvalue weighted by Crippen LogP contribution is 2.62. The van der Waals surface area contributed by atoms with Gasteiger partial charge in [-0.2, -0.15) is 0 Å². The Morgan fingerprint density at radius 1 is 0.929 bits per heavy atom. The van der Waals surface area contributed by atoms with E-state index in [9.17, 15) is 18.8 Å². The number of para-hydroxylation sites is 1. The largest absolute Gasteiger partial charge is 0.494 e. The van der Waals surface area contributed by atoms with Crippen molar-refractivity contribution in [2.45, 2.75) is 17.5 Å². The van der Waals surface area contributed by atoms with E-state index in [1.54, 1.807) is 36.5 Å². The average Bonchev–Trinajstić information content (AvgIpc) is 3.49. The van der Waals surface area contributed by atoms with Crippen molar-refractivity contribution in [3.8, 4) is 5.75 Å². The van der Waals surface area contributed by atoms with Crippen molar-refractivity contribution in [3.05, 3.63) is 136 Å². The molecule has 8 heteroatoms. The molecule has 4 aromatic carbocycles. The van der Waals surface area contributed by atoms with Gasteiger partial charge < -0.3 is 15.0 Å². The minimum absolute atomic E-state index is 0.0142. The van der Waals surface area contributed by atoms with Crippen molar-refractivity contribution in [1.29, 1.82) is 0 Å². The van der Waals surface area contributed by atoms with Crippen LogP contribution in [0.4, 0.5) is 10.1 Å². The summed E-state index contributed by atoms with van der Waals surface area (Å²) in [5, 5.41) is 3.46. The molecule has 0 radical (unpaired) electrons. The van der Waals surface area contributed by atoms with E-state index in [1.165, 1.54) is 19.2 Å². The highest BCUT2D eigenvalue weighted by molar-refractivity contribution is 6.30. The van der Waals surface area contributed by atoms with Crippen LogP contribution in [0.25, 0.3) is 6.08 Å². The van der Waals surface area contributed by atoms with Gasteiger partial charge in [0, 0.05) is 28.0 Å². The number of nitrogens with one attached hydrogen (secondary N) is 1. The third-order valence-electron chi connectivity index (χ3n) is 8.69. The van der Waals surface area contributed by atoms with Crippen LogP contribution < -0.4 is 10.1 Å². The topological polar surface area (TPSA) is 75.7 Å². The molecule has 1 N–H and O–H groups in total. The lowest BCUT2D eigenvalue weighted by atomic mass is 9.62. The minimum atomic E-state index is -1.50. The molecule has 0 aromatic heterocycles. The van der Waals surface area contributed by atoms with Gasteiger partial charge in [-0.15, -0.1) is 0 Å². The van der Waals surface area contributed by atoms with Crippen LogP contribution >= 0.6 is 11.6 Å². The number of anilines is 1. The summed E-state index contributed by atoms with van der Waals surface area (Å²) in [7, 11) is 1.34. The molecule has 1 saturated heterocycles. The second kappa shape index (κ2) is 9.67. The zero-order chi connectivity index (χ0) is 29.2. The van der Waals surface area contributed by atoms with E-state index in [0.717, 1.165) is 17.2 Å². The highest BCUT2D eigenvalue weighted by atomic mass is 35.5. The number of methoxy groups -OCH3 is 1. The predicted octanol–water partition coefficient (Wildman–Crippen LogP) is 6.47. The van der Waals surface area contributed by atoms with Crippen LogP contribution in [0.1, 0.15) is 43.4 Å². The maximum atomic E-state index is 15.0. The summed E-state index contributed by atoms with van der Waals surface area (Å²) >= 11 is 6.13. The van der Waals surface area contributed by atoms with Crippen LogP contribution in [-0.2, 0) is 10.2 Å². The first kappa shape index (κ1) is 26.2. The second-order valence-corrected chi connectivity index (χ2v) is 11.1. The number of hydrogen-bond donors (Lipinski definition) is 1. The fraction of sp³-hybridized carbons (Fsp3) is 0.147. The van der Waals surface area contributed by atoms with E-state index >= 15 is 0 Å². The Hall–Kier alpha value is -4.75. The molecular weight excluding hydrogens is 555 g/mol. The number of carbonyl (C=O) groups excluding carboxylic acids is 3. The second-order valence-electron chi connectivity index (χ2n) is 10.7. The molecule has 42 heavy (non-hydrogen) atoms. The molecule has 0 saturated carbocycles. The lowest BCUT2D eigenvalue weighted by molar-refractivity contribution is -0.122. The lowest BCUT2D eigenvalue weighted by Crippen LogP contribution is -2.49.